The first-order chi connectivity index (χ1) is 18.4. The Morgan fingerprint density at radius 3 is 2.29 bits per heavy atom. The summed E-state index contributed by atoms with van der Waals surface area (Å²) in [4.78, 5) is 8.55. The summed E-state index contributed by atoms with van der Waals surface area (Å²) >= 11 is 0. The van der Waals surface area contributed by atoms with Gasteiger partial charge >= 0.3 is 0 Å². The van der Waals surface area contributed by atoms with Crippen LogP contribution in [0.3, 0.4) is 0 Å². The van der Waals surface area contributed by atoms with Crippen molar-refractivity contribution in [2.24, 2.45) is 0 Å². The van der Waals surface area contributed by atoms with Gasteiger partial charge in [-0.15, -0.1) is 0 Å². The van der Waals surface area contributed by atoms with Crippen molar-refractivity contribution in [2.45, 2.75) is 36.6 Å². The molecule has 0 amide bonds. The van der Waals surface area contributed by atoms with Crippen molar-refractivity contribution in [3.8, 4) is 22.4 Å². The second-order valence-corrected chi connectivity index (χ2v) is 11.1. The van der Waals surface area contributed by atoms with Gasteiger partial charge in [0.1, 0.15) is 23.7 Å². The van der Waals surface area contributed by atoms with Gasteiger partial charge in [0, 0.05) is 5.56 Å². The molecule has 192 valence electrons. The minimum atomic E-state index is -4.01. The molecule has 38 heavy (non-hydrogen) atoms. The molecule has 6 rings (SSSR count). The highest BCUT2D eigenvalue weighted by Crippen LogP contribution is 2.37. The van der Waals surface area contributed by atoms with Gasteiger partial charge in [0.2, 0.25) is 0 Å². The second-order valence-electron chi connectivity index (χ2n) is 9.38. The number of nitrogens with zero attached hydrogens (tertiary/aromatic N) is 4. The lowest BCUT2D eigenvalue weighted by Crippen LogP contribution is -2.14. The van der Waals surface area contributed by atoms with Crippen LogP contribution in [0, 0.1) is 5.82 Å². The summed E-state index contributed by atoms with van der Waals surface area (Å²) in [5, 5.41) is 5.32. The van der Waals surface area contributed by atoms with Gasteiger partial charge in [-0.25, -0.2) is 27.5 Å². The van der Waals surface area contributed by atoms with Crippen LogP contribution in [0.25, 0.3) is 33.4 Å². The van der Waals surface area contributed by atoms with Crippen LogP contribution in [0.4, 0.5) is 15.9 Å². The van der Waals surface area contributed by atoms with Gasteiger partial charge < -0.3 is 5.73 Å². The van der Waals surface area contributed by atoms with Crippen LogP contribution in [0.15, 0.2) is 84.0 Å². The van der Waals surface area contributed by atoms with Crippen molar-refractivity contribution in [2.75, 3.05) is 10.5 Å². The Morgan fingerprint density at radius 2 is 1.58 bits per heavy atom. The standard InChI is InChI=1S/C28H25FN6O2S/c29-23-16-20(26-25-27(30)31-17-32-28(25)35(33-26)21-8-4-5-9-21)12-15-24(23)34-38(36,37)22-13-10-19(11-14-22)18-6-2-1-3-7-18/h1-3,6-7,10-17,21,34H,4-5,8-9H2,(H2,30,31,32). The van der Waals surface area contributed by atoms with Crippen molar-refractivity contribution >= 4 is 32.6 Å². The summed E-state index contributed by atoms with van der Waals surface area (Å²) in [6, 6.07) is 20.5. The average molecular weight is 529 g/mol. The monoisotopic (exact) mass is 528 g/mol. The summed E-state index contributed by atoms with van der Waals surface area (Å²) in [5.74, 6) is -0.468. The van der Waals surface area contributed by atoms with Crippen molar-refractivity contribution in [3.05, 3.63) is 84.9 Å². The number of hydrogen-bond donors (Lipinski definition) is 2. The zero-order chi connectivity index (χ0) is 26.3. The molecule has 0 bridgehead atoms. The quantitative estimate of drug-likeness (QED) is 0.288. The fourth-order valence-electron chi connectivity index (χ4n) is 5.01. The number of fused-ring (bicyclic) bond motifs is 1. The number of nitrogen functional groups attached to an aromatic ring is 1. The third kappa shape index (κ3) is 4.37. The molecule has 8 nitrogen and oxygen atoms in total. The number of nitrogens with one attached hydrogen (secondary N) is 1. The summed E-state index contributed by atoms with van der Waals surface area (Å²) in [6.45, 7) is 0. The molecule has 0 radical (unpaired) electrons. The van der Waals surface area contributed by atoms with Crippen LogP contribution in [-0.4, -0.2) is 28.2 Å². The van der Waals surface area contributed by atoms with E-state index < -0.39 is 15.8 Å². The normalized spacial score (nSPS) is 14.2. The average Bonchev–Trinajstić information content (AvgIpc) is 3.59. The molecule has 10 heteroatoms. The maximum Gasteiger partial charge on any atom is 0.261 e. The van der Waals surface area contributed by atoms with E-state index >= 15 is 4.39 Å². The van der Waals surface area contributed by atoms with E-state index in [2.05, 4.69) is 14.7 Å². The maximum absolute atomic E-state index is 15.3. The van der Waals surface area contributed by atoms with E-state index in [0.29, 0.717) is 22.3 Å². The molecular formula is C28H25FN6O2S. The third-order valence-corrected chi connectivity index (χ3v) is 8.33. The predicted octanol–water partition coefficient (Wildman–Crippen LogP) is 5.80. The Balaban J connectivity index is 1.30. The number of sulfonamides is 1. The summed E-state index contributed by atoms with van der Waals surface area (Å²) in [6.07, 6.45) is 5.60. The number of aromatic nitrogens is 4. The number of benzene rings is 3. The van der Waals surface area contributed by atoms with Crippen LogP contribution in [0.5, 0.6) is 0 Å². The first-order valence-electron chi connectivity index (χ1n) is 12.4. The smallest absolute Gasteiger partial charge is 0.261 e. The van der Waals surface area contributed by atoms with Crippen LogP contribution in [0.1, 0.15) is 31.7 Å². The van der Waals surface area contributed by atoms with Crippen molar-refractivity contribution in [1.82, 2.24) is 19.7 Å². The number of hydrogen-bond acceptors (Lipinski definition) is 6. The molecule has 3 N–H and O–H groups in total. The number of nitrogens with two attached hydrogens (primary N) is 1. The lowest BCUT2D eigenvalue weighted by molar-refractivity contribution is 0.479. The minimum absolute atomic E-state index is 0.0341. The molecule has 2 heterocycles. The fraction of sp³-hybridized carbons (Fsp3) is 0.179. The Kier molecular flexibility index (Phi) is 6.03. The molecule has 0 aliphatic heterocycles. The molecule has 5 aromatic rings. The molecule has 0 atom stereocenters. The Labute approximate surface area is 219 Å². The predicted molar refractivity (Wildman–Crippen MR) is 145 cm³/mol. The Morgan fingerprint density at radius 1 is 0.895 bits per heavy atom. The van der Waals surface area contributed by atoms with Gasteiger partial charge in [0.25, 0.3) is 10.0 Å². The largest absolute Gasteiger partial charge is 0.383 e. The molecule has 0 spiro atoms. The topological polar surface area (TPSA) is 116 Å². The van der Waals surface area contributed by atoms with Gasteiger partial charge in [-0.1, -0.05) is 61.4 Å². The van der Waals surface area contributed by atoms with E-state index in [1.807, 2.05) is 35.0 Å². The van der Waals surface area contributed by atoms with Gasteiger partial charge in [-0.2, -0.15) is 5.10 Å². The fourth-order valence-corrected chi connectivity index (χ4v) is 6.07. The minimum Gasteiger partial charge on any atom is -0.383 e. The van der Waals surface area contributed by atoms with E-state index in [-0.39, 0.29) is 22.4 Å². The van der Waals surface area contributed by atoms with Crippen molar-refractivity contribution < 1.29 is 12.8 Å². The van der Waals surface area contributed by atoms with Gasteiger partial charge in [-0.05, 0) is 48.2 Å². The van der Waals surface area contributed by atoms with E-state index in [4.69, 9.17) is 10.8 Å². The maximum atomic E-state index is 15.3. The van der Waals surface area contributed by atoms with Crippen molar-refractivity contribution in [3.63, 3.8) is 0 Å². The zero-order valence-electron chi connectivity index (χ0n) is 20.4. The SMILES string of the molecule is Nc1ncnc2c1c(-c1ccc(NS(=O)(=O)c3ccc(-c4ccccc4)cc3)c(F)c1)nn2C1CCCC1. The highest BCUT2D eigenvalue weighted by Gasteiger charge is 2.25. The molecule has 1 aliphatic carbocycles. The van der Waals surface area contributed by atoms with E-state index in [0.717, 1.165) is 36.8 Å². The molecule has 0 saturated heterocycles. The second kappa shape index (κ2) is 9.53. The van der Waals surface area contributed by atoms with Crippen molar-refractivity contribution in [1.29, 1.82) is 0 Å². The molecule has 1 fully saturated rings. The Bertz CT molecular complexity index is 1730. The van der Waals surface area contributed by atoms with E-state index in [9.17, 15) is 8.42 Å². The molecule has 0 unspecified atom stereocenters. The van der Waals surface area contributed by atoms with Crippen LogP contribution in [-0.2, 0) is 10.0 Å². The molecular weight excluding hydrogens is 503 g/mol. The number of halogens is 1. The first kappa shape index (κ1) is 24.1. The lowest BCUT2D eigenvalue weighted by Gasteiger charge is -2.11. The summed E-state index contributed by atoms with van der Waals surface area (Å²) < 4.78 is 45.5. The van der Waals surface area contributed by atoms with E-state index in [1.54, 1.807) is 18.2 Å². The van der Waals surface area contributed by atoms with Gasteiger partial charge in [0.15, 0.2) is 5.65 Å². The third-order valence-electron chi connectivity index (χ3n) is 6.95. The number of rotatable bonds is 6. The summed E-state index contributed by atoms with van der Waals surface area (Å²) in [5.41, 5.74) is 9.41. The van der Waals surface area contributed by atoms with Crippen LogP contribution < -0.4 is 10.5 Å². The zero-order valence-corrected chi connectivity index (χ0v) is 21.2. The van der Waals surface area contributed by atoms with Crippen LogP contribution >= 0.6 is 0 Å². The molecule has 3 aromatic carbocycles. The lowest BCUT2D eigenvalue weighted by atomic mass is 10.1. The van der Waals surface area contributed by atoms with Gasteiger partial charge in [-0.3, -0.25) is 4.72 Å². The number of anilines is 2. The summed E-state index contributed by atoms with van der Waals surface area (Å²) in [7, 11) is -4.01. The highest BCUT2D eigenvalue weighted by molar-refractivity contribution is 7.92. The van der Waals surface area contributed by atoms with Crippen LogP contribution in [0.2, 0.25) is 0 Å². The molecule has 1 aliphatic rings. The Hall–Kier alpha value is -4.31. The van der Waals surface area contributed by atoms with E-state index in [1.165, 1.54) is 30.6 Å². The first-order valence-corrected chi connectivity index (χ1v) is 13.9. The highest BCUT2D eigenvalue weighted by atomic mass is 32.2. The van der Waals surface area contributed by atoms with Gasteiger partial charge in [0.05, 0.1) is 22.0 Å². The molecule has 2 aromatic heterocycles. The molecule has 1 saturated carbocycles.